The monoisotopic (exact) mass is 375 g/mol. The van der Waals surface area contributed by atoms with Crippen molar-refractivity contribution in [2.45, 2.75) is 19.3 Å². The molecule has 4 rings (SSSR count). The molecule has 4 nitrogen and oxygen atoms in total. The molecular weight excluding hydrogens is 350 g/mol. The normalized spacial score (nSPS) is 23.9. The van der Waals surface area contributed by atoms with Gasteiger partial charge in [0.15, 0.2) is 0 Å². The lowest BCUT2D eigenvalue weighted by Gasteiger charge is -2.41. The molecule has 2 aromatic carbocycles. The first-order valence-corrected chi connectivity index (χ1v) is 9.98. The van der Waals surface area contributed by atoms with E-state index in [0.717, 1.165) is 19.4 Å². The van der Waals surface area contributed by atoms with Gasteiger partial charge in [-0.15, -0.1) is 0 Å². The lowest BCUT2D eigenvalue weighted by molar-refractivity contribution is -0.153. The van der Waals surface area contributed by atoms with Crippen LogP contribution in [0.15, 0.2) is 72.8 Å². The van der Waals surface area contributed by atoms with Crippen molar-refractivity contribution in [2.24, 2.45) is 17.8 Å². The van der Waals surface area contributed by atoms with Crippen LogP contribution >= 0.6 is 0 Å². The van der Waals surface area contributed by atoms with Crippen molar-refractivity contribution in [3.05, 3.63) is 78.4 Å². The fourth-order valence-electron chi connectivity index (χ4n) is 4.28. The number of hydrogen-bond donors (Lipinski definition) is 0. The topological polar surface area (TPSA) is 46.6 Å². The number of amides is 1. The van der Waals surface area contributed by atoms with Gasteiger partial charge in [-0.2, -0.15) is 0 Å². The summed E-state index contributed by atoms with van der Waals surface area (Å²) < 4.78 is 5.57. The predicted octanol–water partition coefficient (Wildman–Crippen LogP) is 3.88. The Morgan fingerprint density at radius 2 is 1.75 bits per heavy atom. The van der Waals surface area contributed by atoms with E-state index in [4.69, 9.17) is 4.74 Å². The van der Waals surface area contributed by atoms with Gasteiger partial charge in [0.1, 0.15) is 5.75 Å². The van der Waals surface area contributed by atoms with Crippen molar-refractivity contribution < 1.29 is 14.3 Å². The molecule has 1 aliphatic heterocycles. The van der Waals surface area contributed by atoms with Crippen LogP contribution in [0.2, 0.25) is 0 Å². The molecule has 1 amide bonds. The summed E-state index contributed by atoms with van der Waals surface area (Å²) in [5, 5.41) is 0. The molecule has 0 saturated carbocycles. The summed E-state index contributed by atoms with van der Waals surface area (Å²) in [6.07, 6.45) is 6.44. The smallest absolute Gasteiger partial charge is 0.315 e. The predicted molar refractivity (Wildman–Crippen MR) is 108 cm³/mol. The first-order valence-electron chi connectivity index (χ1n) is 9.98. The number of carbonyl (C=O) groups is 2. The second-order valence-corrected chi connectivity index (χ2v) is 7.54. The minimum Gasteiger partial charge on any atom is -0.426 e. The molecule has 144 valence electrons. The summed E-state index contributed by atoms with van der Waals surface area (Å²) in [7, 11) is 0. The quantitative estimate of drug-likeness (QED) is 0.453. The number of benzene rings is 2. The molecule has 1 aliphatic carbocycles. The van der Waals surface area contributed by atoms with Crippen LogP contribution in [-0.4, -0.2) is 29.9 Å². The van der Waals surface area contributed by atoms with Crippen LogP contribution in [0, 0.1) is 17.8 Å². The highest BCUT2D eigenvalue weighted by Gasteiger charge is 2.45. The van der Waals surface area contributed by atoms with E-state index in [1.807, 2.05) is 47.4 Å². The number of allylic oxidation sites excluding steroid dienone is 2. The molecule has 1 saturated heterocycles. The Hall–Kier alpha value is -2.88. The average Bonchev–Trinajstić information content (AvgIpc) is 2.74. The van der Waals surface area contributed by atoms with Crippen LogP contribution in [0.1, 0.15) is 18.4 Å². The Kier molecular flexibility index (Phi) is 5.56. The maximum Gasteiger partial charge on any atom is 0.315 e. The third kappa shape index (κ3) is 4.01. The summed E-state index contributed by atoms with van der Waals surface area (Å²) >= 11 is 0. The number of piperidine rings is 1. The van der Waals surface area contributed by atoms with E-state index in [-0.39, 0.29) is 23.7 Å². The Morgan fingerprint density at radius 1 is 1.04 bits per heavy atom. The van der Waals surface area contributed by atoms with Crippen molar-refractivity contribution in [2.75, 3.05) is 13.1 Å². The van der Waals surface area contributed by atoms with Gasteiger partial charge in [-0.05, 0) is 42.9 Å². The standard InChI is InChI=1S/C24H25NO3/c26-23-22-19(15-17-25(23)16-14-18-8-3-1-4-9-18)10-7-13-21(22)24(27)28-20-11-5-2-6-12-20/h1-12,19,21-22H,13-17H2. The molecule has 3 atom stereocenters. The van der Waals surface area contributed by atoms with Gasteiger partial charge in [0.2, 0.25) is 5.91 Å². The number of rotatable bonds is 5. The first-order chi connectivity index (χ1) is 13.7. The lowest BCUT2D eigenvalue weighted by Crippen LogP contribution is -2.51. The van der Waals surface area contributed by atoms with Gasteiger partial charge in [0, 0.05) is 13.1 Å². The molecule has 0 radical (unpaired) electrons. The summed E-state index contributed by atoms with van der Waals surface area (Å²) in [5.74, 6) is -0.284. The number of likely N-dealkylation sites (tertiary alicyclic amines) is 1. The number of nitrogens with zero attached hydrogens (tertiary/aromatic N) is 1. The molecule has 0 aromatic heterocycles. The molecule has 0 N–H and O–H groups in total. The van der Waals surface area contributed by atoms with Gasteiger partial charge >= 0.3 is 5.97 Å². The van der Waals surface area contributed by atoms with E-state index in [0.29, 0.717) is 18.7 Å². The third-order valence-corrected chi connectivity index (χ3v) is 5.77. The Labute approximate surface area is 165 Å². The van der Waals surface area contributed by atoms with Crippen LogP contribution in [-0.2, 0) is 16.0 Å². The van der Waals surface area contributed by atoms with E-state index in [9.17, 15) is 9.59 Å². The van der Waals surface area contributed by atoms with E-state index in [1.165, 1.54) is 5.56 Å². The Morgan fingerprint density at radius 3 is 2.50 bits per heavy atom. The Bertz CT molecular complexity index is 847. The number of para-hydroxylation sites is 1. The maximum atomic E-state index is 13.2. The summed E-state index contributed by atoms with van der Waals surface area (Å²) in [5.41, 5.74) is 1.22. The van der Waals surface area contributed by atoms with Crippen molar-refractivity contribution in [1.82, 2.24) is 4.90 Å². The zero-order valence-electron chi connectivity index (χ0n) is 15.9. The van der Waals surface area contributed by atoms with Crippen molar-refractivity contribution in [3.63, 3.8) is 0 Å². The van der Waals surface area contributed by atoms with Gasteiger partial charge in [-0.1, -0.05) is 60.7 Å². The zero-order chi connectivity index (χ0) is 19.3. The van der Waals surface area contributed by atoms with Crippen molar-refractivity contribution in [3.8, 4) is 5.75 Å². The van der Waals surface area contributed by atoms with Crippen LogP contribution in [0.4, 0.5) is 0 Å². The highest BCUT2D eigenvalue weighted by atomic mass is 16.5. The van der Waals surface area contributed by atoms with E-state index >= 15 is 0 Å². The minimum absolute atomic E-state index is 0.0894. The summed E-state index contributed by atoms with van der Waals surface area (Å²) in [6, 6.07) is 19.3. The number of fused-ring (bicyclic) bond motifs is 1. The van der Waals surface area contributed by atoms with Gasteiger partial charge in [-0.25, -0.2) is 0 Å². The summed E-state index contributed by atoms with van der Waals surface area (Å²) in [6.45, 7) is 1.44. The van der Waals surface area contributed by atoms with Crippen LogP contribution in [0.5, 0.6) is 5.75 Å². The molecule has 1 fully saturated rings. The molecule has 3 unspecified atom stereocenters. The largest absolute Gasteiger partial charge is 0.426 e. The van der Waals surface area contributed by atoms with Gasteiger partial charge in [0.05, 0.1) is 11.8 Å². The number of esters is 1. The Balaban J connectivity index is 1.45. The highest BCUT2D eigenvalue weighted by Crippen LogP contribution is 2.38. The third-order valence-electron chi connectivity index (χ3n) is 5.77. The maximum absolute atomic E-state index is 13.2. The second kappa shape index (κ2) is 8.42. The van der Waals surface area contributed by atoms with Crippen LogP contribution in [0.3, 0.4) is 0 Å². The molecular formula is C24H25NO3. The lowest BCUT2D eigenvalue weighted by atomic mass is 9.71. The minimum atomic E-state index is -0.415. The fraction of sp³-hybridized carbons (Fsp3) is 0.333. The number of carbonyl (C=O) groups excluding carboxylic acids is 2. The average molecular weight is 375 g/mol. The number of ether oxygens (including phenoxy) is 1. The molecule has 0 bridgehead atoms. The molecule has 0 spiro atoms. The summed E-state index contributed by atoms with van der Waals surface area (Å²) in [4.78, 5) is 28.0. The highest BCUT2D eigenvalue weighted by molar-refractivity contribution is 5.87. The number of hydrogen-bond acceptors (Lipinski definition) is 3. The molecule has 28 heavy (non-hydrogen) atoms. The SMILES string of the molecule is O=C(Oc1ccccc1)C1CC=CC2CCN(CCc3ccccc3)C(=O)C21. The molecule has 2 aromatic rings. The van der Waals surface area contributed by atoms with Crippen molar-refractivity contribution in [1.29, 1.82) is 0 Å². The first kappa shape index (κ1) is 18.5. The van der Waals surface area contributed by atoms with E-state index in [2.05, 4.69) is 18.2 Å². The molecule has 4 heteroatoms. The van der Waals surface area contributed by atoms with Gasteiger partial charge in [-0.3, -0.25) is 9.59 Å². The van der Waals surface area contributed by atoms with E-state index < -0.39 is 5.92 Å². The fourth-order valence-corrected chi connectivity index (χ4v) is 4.28. The molecule has 1 heterocycles. The van der Waals surface area contributed by atoms with Crippen molar-refractivity contribution >= 4 is 11.9 Å². The second-order valence-electron chi connectivity index (χ2n) is 7.54. The zero-order valence-corrected chi connectivity index (χ0v) is 15.9. The molecule has 2 aliphatic rings. The van der Waals surface area contributed by atoms with Gasteiger partial charge in [0.25, 0.3) is 0 Å². The van der Waals surface area contributed by atoms with Crippen LogP contribution < -0.4 is 4.74 Å². The van der Waals surface area contributed by atoms with Crippen LogP contribution in [0.25, 0.3) is 0 Å². The van der Waals surface area contributed by atoms with E-state index in [1.54, 1.807) is 12.1 Å². The van der Waals surface area contributed by atoms with Gasteiger partial charge < -0.3 is 9.64 Å².